The van der Waals surface area contributed by atoms with Gasteiger partial charge in [0.25, 0.3) is 17.4 Å². The Labute approximate surface area is 194 Å². The Balaban J connectivity index is 1.42. The van der Waals surface area contributed by atoms with Crippen molar-refractivity contribution in [1.29, 1.82) is 0 Å². The first-order valence-corrected chi connectivity index (χ1v) is 11.8. The molecule has 0 atom stereocenters. The predicted molar refractivity (Wildman–Crippen MR) is 119 cm³/mol. The molecule has 12 heteroatoms. The highest BCUT2D eigenvalue weighted by Gasteiger charge is 2.27. The Bertz CT molecular complexity index is 1380. The molecule has 1 aromatic heterocycles. The Morgan fingerprint density at radius 3 is 2.12 bits per heavy atom. The van der Waals surface area contributed by atoms with E-state index in [4.69, 9.17) is 0 Å². The molecule has 1 saturated heterocycles. The molecule has 0 radical (unpaired) electrons. The summed E-state index contributed by atoms with van der Waals surface area (Å²) in [7, 11) is -3.60. The maximum Gasteiger partial charge on any atom is 0.290 e. The Morgan fingerprint density at radius 1 is 0.853 bits per heavy atom. The number of aromatic nitrogens is 2. The summed E-state index contributed by atoms with van der Waals surface area (Å²) < 4.78 is 40.6. The van der Waals surface area contributed by atoms with Gasteiger partial charge in [0.15, 0.2) is 5.69 Å². The molecular formula is C22H20FN5O5S. The van der Waals surface area contributed by atoms with Gasteiger partial charge in [0, 0.05) is 24.7 Å². The second-order valence-corrected chi connectivity index (χ2v) is 9.43. The van der Waals surface area contributed by atoms with Gasteiger partial charge in [0.05, 0.1) is 10.6 Å². The van der Waals surface area contributed by atoms with E-state index in [0.717, 1.165) is 35.7 Å². The molecule has 2 aromatic carbocycles. The fourth-order valence-corrected chi connectivity index (χ4v) is 4.92. The van der Waals surface area contributed by atoms with Crippen LogP contribution in [0.1, 0.15) is 33.7 Å². The van der Waals surface area contributed by atoms with Crippen molar-refractivity contribution < 1.29 is 22.4 Å². The van der Waals surface area contributed by atoms with Crippen molar-refractivity contribution in [2.75, 3.05) is 13.1 Å². The lowest BCUT2D eigenvalue weighted by Crippen LogP contribution is -2.42. The quantitative estimate of drug-likeness (QED) is 0.523. The van der Waals surface area contributed by atoms with Crippen LogP contribution >= 0.6 is 0 Å². The molecule has 10 nitrogen and oxygen atoms in total. The Kier molecular flexibility index (Phi) is 6.52. The van der Waals surface area contributed by atoms with E-state index in [1.54, 1.807) is 0 Å². The molecule has 4 rings (SSSR count). The molecule has 1 fully saturated rings. The van der Waals surface area contributed by atoms with Crippen LogP contribution in [0.4, 0.5) is 4.39 Å². The SMILES string of the molecule is O=C(NNC(=O)c1ccc(=O)n(-c2ccc(F)cc2)n1)c1ccc(S(=O)(=O)N2CCCC2)cc1. The van der Waals surface area contributed by atoms with Gasteiger partial charge in [0.2, 0.25) is 10.0 Å². The summed E-state index contributed by atoms with van der Waals surface area (Å²) in [4.78, 5) is 36.9. The summed E-state index contributed by atoms with van der Waals surface area (Å²) in [6.45, 7) is 0.943. The van der Waals surface area contributed by atoms with Crippen molar-refractivity contribution in [2.24, 2.45) is 0 Å². The maximum absolute atomic E-state index is 13.1. The first kappa shape index (κ1) is 23.3. The molecule has 0 aliphatic carbocycles. The molecule has 2 amide bonds. The van der Waals surface area contributed by atoms with E-state index in [0.29, 0.717) is 13.1 Å². The average molecular weight is 485 g/mol. The summed E-state index contributed by atoms with van der Waals surface area (Å²) in [5.41, 5.74) is 4.09. The summed E-state index contributed by atoms with van der Waals surface area (Å²) >= 11 is 0. The molecule has 2 N–H and O–H groups in total. The lowest BCUT2D eigenvalue weighted by atomic mass is 10.2. The fraction of sp³-hybridized carbons (Fsp3) is 0.182. The van der Waals surface area contributed by atoms with Crippen molar-refractivity contribution in [3.05, 3.63) is 88.1 Å². The molecule has 1 aliphatic rings. The lowest BCUT2D eigenvalue weighted by Gasteiger charge is -2.15. The number of nitrogens with zero attached hydrogens (tertiary/aromatic N) is 3. The van der Waals surface area contributed by atoms with Crippen LogP contribution in [-0.4, -0.2) is 47.4 Å². The van der Waals surface area contributed by atoms with E-state index in [2.05, 4.69) is 16.0 Å². The van der Waals surface area contributed by atoms with Crippen LogP contribution in [-0.2, 0) is 10.0 Å². The third-order valence-electron chi connectivity index (χ3n) is 5.21. The lowest BCUT2D eigenvalue weighted by molar-refractivity contribution is 0.0843. The van der Waals surface area contributed by atoms with E-state index in [-0.39, 0.29) is 21.8 Å². The van der Waals surface area contributed by atoms with E-state index in [1.807, 2.05) is 0 Å². The van der Waals surface area contributed by atoms with Crippen molar-refractivity contribution >= 4 is 21.8 Å². The third-order valence-corrected chi connectivity index (χ3v) is 7.13. The first-order valence-electron chi connectivity index (χ1n) is 10.3. The Morgan fingerprint density at radius 2 is 1.47 bits per heavy atom. The summed E-state index contributed by atoms with van der Waals surface area (Å²) in [5.74, 6) is -1.96. The number of halogens is 1. The Hall–Kier alpha value is -3.90. The van der Waals surface area contributed by atoms with Crippen LogP contribution in [0.2, 0.25) is 0 Å². The van der Waals surface area contributed by atoms with Crippen LogP contribution in [0.15, 0.2) is 70.4 Å². The summed E-state index contributed by atoms with van der Waals surface area (Å²) in [6, 6.07) is 12.6. The molecular weight excluding hydrogens is 465 g/mol. The van der Waals surface area contributed by atoms with Crippen molar-refractivity contribution in [2.45, 2.75) is 17.7 Å². The smallest absolute Gasteiger partial charge is 0.267 e. The van der Waals surface area contributed by atoms with Gasteiger partial charge in [-0.15, -0.1) is 0 Å². The van der Waals surface area contributed by atoms with Crippen LogP contribution in [0, 0.1) is 5.82 Å². The van der Waals surface area contributed by atoms with Gasteiger partial charge in [-0.1, -0.05) is 0 Å². The van der Waals surface area contributed by atoms with Gasteiger partial charge in [-0.2, -0.15) is 14.1 Å². The monoisotopic (exact) mass is 485 g/mol. The van der Waals surface area contributed by atoms with Crippen LogP contribution < -0.4 is 16.4 Å². The van der Waals surface area contributed by atoms with Crippen LogP contribution in [0.5, 0.6) is 0 Å². The number of amides is 2. The van der Waals surface area contributed by atoms with E-state index < -0.39 is 33.2 Å². The highest BCUT2D eigenvalue weighted by Crippen LogP contribution is 2.21. The minimum Gasteiger partial charge on any atom is -0.267 e. The average Bonchev–Trinajstić information content (AvgIpc) is 3.39. The number of sulfonamides is 1. The molecule has 0 unspecified atom stereocenters. The standard InChI is InChI=1S/C22H20FN5O5S/c23-16-5-7-17(8-6-16)28-20(29)12-11-19(26-28)22(31)25-24-21(30)15-3-9-18(10-4-15)34(32,33)27-13-1-2-14-27/h3-12H,1-2,13-14H2,(H,24,30)(H,25,31). The second-order valence-electron chi connectivity index (χ2n) is 7.49. The number of hydrazine groups is 1. The van der Waals surface area contributed by atoms with Gasteiger partial charge in [-0.25, -0.2) is 12.8 Å². The minimum absolute atomic E-state index is 0.0854. The van der Waals surface area contributed by atoms with Gasteiger partial charge in [0.1, 0.15) is 5.82 Å². The molecule has 3 aromatic rings. The van der Waals surface area contributed by atoms with Crippen LogP contribution in [0.3, 0.4) is 0 Å². The van der Waals surface area contributed by atoms with Crippen molar-refractivity contribution in [3.8, 4) is 5.69 Å². The number of hydrogen-bond donors (Lipinski definition) is 2. The highest BCUT2D eigenvalue weighted by molar-refractivity contribution is 7.89. The fourth-order valence-electron chi connectivity index (χ4n) is 3.41. The number of carbonyl (C=O) groups is 2. The van der Waals surface area contributed by atoms with Gasteiger partial charge in [-0.3, -0.25) is 25.2 Å². The van der Waals surface area contributed by atoms with E-state index >= 15 is 0 Å². The largest absolute Gasteiger partial charge is 0.290 e. The third kappa shape index (κ3) is 4.87. The van der Waals surface area contributed by atoms with Gasteiger partial charge >= 0.3 is 0 Å². The zero-order valence-electron chi connectivity index (χ0n) is 17.8. The van der Waals surface area contributed by atoms with Crippen LogP contribution in [0.25, 0.3) is 5.69 Å². The number of benzene rings is 2. The molecule has 0 bridgehead atoms. The summed E-state index contributed by atoms with van der Waals surface area (Å²) in [5, 5.41) is 3.95. The number of rotatable bonds is 5. The van der Waals surface area contributed by atoms with Gasteiger partial charge in [-0.05, 0) is 67.4 Å². The van der Waals surface area contributed by atoms with Crippen molar-refractivity contribution in [3.63, 3.8) is 0 Å². The van der Waals surface area contributed by atoms with Gasteiger partial charge < -0.3 is 0 Å². The molecule has 0 saturated carbocycles. The molecule has 176 valence electrons. The highest BCUT2D eigenvalue weighted by atomic mass is 32.2. The second kappa shape index (κ2) is 9.53. The van der Waals surface area contributed by atoms with E-state index in [1.165, 1.54) is 46.8 Å². The number of carbonyl (C=O) groups excluding carboxylic acids is 2. The summed E-state index contributed by atoms with van der Waals surface area (Å²) in [6.07, 6.45) is 1.63. The molecule has 1 aliphatic heterocycles. The zero-order chi connectivity index (χ0) is 24.3. The predicted octanol–water partition coefficient (Wildman–Crippen LogP) is 1.23. The number of hydrogen-bond acceptors (Lipinski definition) is 6. The zero-order valence-corrected chi connectivity index (χ0v) is 18.6. The minimum atomic E-state index is -3.60. The molecule has 2 heterocycles. The van der Waals surface area contributed by atoms with E-state index in [9.17, 15) is 27.2 Å². The topological polar surface area (TPSA) is 130 Å². The molecule has 34 heavy (non-hydrogen) atoms. The maximum atomic E-state index is 13.1. The van der Waals surface area contributed by atoms with Crippen molar-refractivity contribution in [1.82, 2.24) is 24.9 Å². The first-order chi connectivity index (χ1) is 16.3. The molecule has 0 spiro atoms. The normalized spacial score (nSPS) is 14.0. The number of nitrogens with one attached hydrogen (secondary N) is 2.